The zero-order valence-corrected chi connectivity index (χ0v) is 16.3. The third kappa shape index (κ3) is 4.57. The molecule has 2 aromatic rings. The first-order valence-electron chi connectivity index (χ1n) is 9.71. The van der Waals surface area contributed by atoms with Crippen LogP contribution in [0.15, 0.2) is 41.8 Å². The van der Waals surface area contributed by atoms with Crippen LogP contribution in [0.5, 0.6) is 0 Å². The number of hydrogen-bond acceptors (Lipinski definition) is 4. The minimum atomic E-state index is -0.209. The summed E-state index contributed by atoms with van der Waals surface area (Å²) in [7, 11) is 0. The van der Waals surface area contributed by atoms with Crippen LogP contribution in [0.25, 0.3) is 0 Å². The number of likely N-dealkylation sites (tertiary alicyclic amines) is 1. The zero-order valence-electron chi connectivity index (χ0n) is 15.5. The van der Waals surface area contributed by atoms with Crippen LogP contribution in [-0.4, -0.2) is 59.9 Å². The number of benzene rings is 1. The van der Waals surface area contributed by atoms with E-state index in [1.165, 1.54) is 17.0 Å². The number of carbonyl (C=O) groups is 1. The van der Waals surface area contributed by atoms with E-state index in [0.717, 1.165) is 57.7 Å². The Bertz CT molecular complexity index is 741. The molecule has 6 heteroatoms. The maximum Gasteiger partial charge on any atom is 0.236 e. The van der Waals surface area contributed by atoms with Gasteiger partial charge in [0.1, 0.15) is 5.82 Å². The van der Waals surface area contributed by atoms with Crippen molar-refractivity contribution < 1.29 is 9.18 Å². The van der Waals surface area contributed by atoms with Crippen molar-refractivity contribution in [3.05, 3.63) is 58.0 Å². The molecule has 0 saturated carbocycles. The molecule has 1 unspecified atom stereocenters. The topological polar surface area (TPSA) is 26.8 Å². The molecule has 0 aliphatic carbocycles. The van der Waals surface area contributed by atoms with Crippen molar-refractivity contribution in [2.24, 2.45) is 0 Å². The summed E-state index contributed by atoms with van der Waals surface area (Å²) in [5, 5.41) is 2.11. The van der Waals surface area contributed by atoms with E-state index in [1.54, 1.807) is 11.3 Å². The first kappa shape index (κ1) is 18.6. The summed E-state index contributed by atoms with van der Waals surface area (Å²) < 4.78 is 13.2. The average Bonchev–Trinajstić information content (AvgIpc) is 3.35. The Morgan fingerprint density at radius 2 is 1.85 bits per heavy atom. The predicted molar refractivity (Wildman–Crippen MR) is 106 cm³/mol. The Morgan fingerprint density at radius 1 is 1.07 bits per heavy atom. The molecule has 4 nitrogen and oxygen atoms in total. The fourth-order valence-electron chi connectivity index (χ4n) is 4.13. The monoisotopic (exact) mass is 387 g/mol. The molecule has 1 aromatic carbocycles. The molecule has 0 bridgehead atoms. The van der Waals surface area contributed by atoms with Crippen molar-refractivity contribution in [3.63, 3.8) is 0 Å². The van der Waals surface area contributed by atoms with Gasteiger partial charge in [-0.15, -0.1) is 11.3 Å². The standard InChI is InChI=1S/C21H26FN3OS/c22-18-7-5-17(6-8-18)20-4-1-9-25(20)16-21(26)24-12-10-23(11-13-24)15-19-3-2-14-27-19/h2-3,5-8,14,20H,1,4,9-13,15-16H2. The van der Waals surface area contributed by atoms with E-state index in [0.29, 0.717) is 6.54 Å². The van der Waals surface area contributed by atoms with Gasteiger partial charge in [0, 0.05) is 43.6 Å². The van der Waals surface area contributed by atoms with Crippen LogP contribution in [0.3, 0.4) is 0 Å². The highest BCUT2D eigenvalue weighted by atomic mass is 32.1. The highest BCUT2D eigenvalue weighted by Gasteiger charge is 2.30. The van der Waals surface area contributed by atoms with Gasteiger partial charge in [-0.05, 0) is 48.5 Å². The maximum absolute atomic E-state index is 13.2. The highest BCUT2D eigenvalue weighted by molar-refractivity contribution is 7.09. The van der Waals surface area contributed by atoms with Crippen molar-refractivity contribution >= 4 is 17.2 Å². The number of amides is 1. The molecule has 0 spiro atoms. The van der Waals surface area contributed by atoms with Gasteiger partial charge >= 0.3 is 0 Å². The first-order chi connectivity index (χ1) is 13.2. The van der Waals surface area contributed by atoms with Gasteiger partial charge in [0.05, 0.1) is 6.54 Å². The lowest BCUT2D eigenvalue weighted by molar-refractivity contribution is -0.134. The number of nitrogens with zero attached hydrogens (tertiary/aromatic N) is 3. The molecule has 1 atom stereocenters. The predicted octanol–water partition coefficient (Wildman–Crippen LogP) is 3.37. The van der Waals surface area contributed by atoms with Crippen molar-refractivity contribution in [2.75, 3.05) is 39.3 Å². The van der Waals surface area contributed by atoms with Crippen LogP contribution in [0.4, 0.5) is 4.39 Å². The molecule has 27 heavy (non-hydrogen) atoms. The van der Waals surface area contributed by atoms with Crippen LogP contribution in [0.2, 0.25) is 0 Å². The fraction of sp³-hybridized carbons (Fsp3) is 0.476. The minimum Gasteiger partial charge on any atom is -0.339 e. The second-order valence-corrected chi connectivity index (χ2v) is 8.45. The van der Waals surface area contributed by atoms with Crippen LogP contribution < -0.4 is 0 Å². The van der Waals surface area contributed by atoms with Gasteiger partial charge in [0.25, 0.3) is 0 Å². The molecule has 1 amide bonds. The van der Waals surface area contributed by atoms with Crippen molar-refractivity contribution in [1.82, 2.24) is 14.7 Å². The molecule has 1 aromatic heterocycles. The zero-order chi connectivity index (χ0) is 18.6. The first-order valence-corrected chi connectivity index (χ1v) is 10.6. The molecule has 144 valence electrons. The number of halogens is 1. The van der Waals surface area contributed by atoms with Gasteiger partial charge in [0.15, 0.2) is 0 Å². The van der Waals surface area contributed by atoms with Crippen molar-refractivity contribution in [3.8, 4) is 0 Å². The molecule has 2 saturated heterocycles. The van der Waals surface area contributed by atoms with E-state index >= 15 is 0 Å². The summed E-state index contributed by atoms with van der Waals surface area (Å²) in [6.07, 6.45) is 2.12. The van der Waals surface area contributed by atoms with E-state index in [2.05, 4.69) is 27.3 Å². The van der Waals surface area contributed by atoms with Gasteiger partial charge in [-0.2, -0.15) is 0 Å². The number of hydrogen-bond donors (Lipinski definition) is 0. The second kappa shape index (κ2) is 8.50. The summed E-state index contributed by atoms with van der Waals surface area (Å²) in [5.41, 5.74) is 1.11. The minimum absolute atomic E-state index is 0.209. The second-order valence-electron chi connectivity index (χ2n) is 7.42. The lowest BCUT2D eigenvalue weighted by Crippen LogP contribution is -2.50. The Kier molecular flexibility index (Phi) is 5.86. The Hall–Kier alpha value is -1.76. The average molecular weight is 388 g/mol. The summed E-state index contributed by atoms with van der Waals surface area (Å²) in [6.45, 7) is 5.87. The van der Waals surface area contributed by atoms with E-state index in [9.17, 15) is 9.18 Å². The van der Waals surface area contributed by atoms with Gasteiger partial charge in [-0.3, -0.25) is 14.6 Å². The smallest absolute Gasteiger partial charge is 0.236 e. The molecular weight excluding hydrogens is 361 g/mol. The van der Waals surface area contributed by atoms with E-state index in [-0.39, 0.29) is 17.8 Å². The van der Waals surface area contributed by atoms with Crippen LogP contribution in [0, 0.1) is 5.82 Å². The van der Waals surface area contributed by atoms with Crippen LogP contribution >= 0.6 is 11.3 Å². The number of rotatable bonds is 5. The number of piperazine rings is 1. The summed E-state index contributed by atoms with van der Waals surface area (Å²) >= 11 is 1.79. The fourth-order valence-corrected chi connectivity index (χ4v) is 4.88. The normalized spacial score (nSPS) is 21.7. The third-order valence-corrected chi connectivity index (χ3v) is 6.50. The highest BCUT2D eigenvalue weighted by Crippen LogP contribution is 2.31. The molecule has 2 aliphatic heterocycles. The van der Waals surface area contributed by atoms with Crippen LogP contribution in [0.1, 0.15) is 29.3 Å². The molecule has 0 radical (unpaired) electrons. The van der Waals surface area contributed by atoms with Gasteiger partial charge in [-0.1, -0.05) is 18.2 Å². The number of carbonyl (C=O) groups excluding carboxylic acids is 1. The maximum atomic E-state index is 13.2. The lowest BCUT2D eigenvalue weighted by Gasteiger charge is -2.36. The number of thiophene rings is 1. The summed E-state index contributed by atoms with van der Waals surface area (Å²) in [5.74, 6) is 0.0135. The molecular formula is C21H26FN3OS. The largest absolute Gasteiger partial charge is 0.339 e. The van der Waals surface area contributed by atoms with Crippen LogP contribution in [-0.2, 0) is 11.3 Å². The lowest BCUT2D eigenvalue weighted by atomic mass is 10.0. The van der Waals surface area contributed by atoms with Gasteiger partial charge < -0.3 is 4.90 Å². The summed E-state index contributed by atoms with van der Waals surface area (Å²) in [4.78, 5) is 20.9. The van der Waals surface area contributed by atoms with Crippen molar-refractivity contribution in [1.29, 1.82) is 0 Å². The third-order valence-electron chi connectivity index (χ3n) is 5.64. The van der Waals surface area contributed by atoms with Crippen molar-refractivity contribution in [2.45, 2.75) is 25.4 Å². The molecule has 2 aliphatic rings. The van der Waals surface area contributed by atoms with E-state index < -0.39 is 0 Å². The Labute approximate surface area is 164 Å². The SMILES string of the molecule is O=C(CN1CCCC1c1ccc(F)cc1)N1CCN(Cc2cccs2)CC1. The van der Waals surface area contributed by atoms with E-state index in [1.807, 2.05) is 17.0 Å². The quantitative estimate of drug-likeness (QED) is 0.787. The van der Waals surface area contributed by atoms with Gasteiger partial charge in [0.2, 0.25) is 5.91 Å². The van der Waals surface area contributed by atoms with E-state index in [4.69, 9.17) is 0 Å². The summed E-state index contributed by atoms with van der Waals surface area (Å²) in [6, 6.07) is 11.2. The molecule has 2 fully saturated rings. The molecule has 3 heterocycles. The Morgan fingerprint density at radius 3 is 2.56 bits per heavy atom. The molecule has 4 rings (SSSR count). The molecule has 0 N–H and O–H groups in total. The van der Waals surface area contributed by atoms with Gasteiger partial charge in [-0.25, -0.2) is 4.39 Å². The Balaban J connectivity index is 1.29.